The fourth-order valence-electron chi connectivity index (χ4n) is 3.24. The lowest BCUT2D eigenvalue weighted by atomic mass is 10.0. The van der Waals surface area contributed by atoms with E-state index in [0.717, 1.165) is 35.0 Å². The lowest BCUT2D eigenvalue weighted by Gasteiger charge is -2.22. The molecule has 6 nitrogen and oxygen atoms in total. The first-order valence-electron chi connectivity index (χ1n) is 9.00. The minimum absolute atomic E-state index is 0.0713. The number of nitrogens with one attached hydrogen (secondary N) is 1. The average molecular weight is 422 g/mol. The van der Waals surface area contributed by atoms with Gasteiger partial charge in [0.25, 0.3) is 5.56 Å². The molecule has 1 fully saturated rings. The van der Waals surface area contributed by atoms with E-state index in [1.165, 1.54) is 4.68 Å². The van der Waals surface area contributed by atoms with Gasteiger partial charge in [0.2, 0.25) is 5.91 Å². The van der Waals surface area contributed by atoms with Crippen LogP contribution in [0, 0.1) is 5.92 Å². The Morgan fingerprint density at radius 2 is 2.23 bits per heavy atom. The van der Waals surface area contributed by atoms with E-state index in [0.29, 0.717) is 24.5 Å². The molecule has 1 aliphatic heterocycles. The first-order chi connectivity index (χ1) is 12.5. The number of fused-ring (bicyclic) bond motifs is 1. The second-order valence-electron chi connectivity index (χ2n) is 7.08. The number of halogens is 1. The summed E-state index contributed by atoms with van der Waals surface area (Å²) in [6.07, 6.45) is 2.08. The highest BCUT2D eigenvalue weighted by molar-refractivity contribution is 9.10. The van der Waals surface area contributed by atoms with Crippen molar-refractivity contribution in [2.24, 2.45) is 5.92 Å². The summed E-state index contributed by atoms with van der Waals surface area (Å²) in [5, 5.41) is 8.79. The molecule has 1 aromatic heterocycles. The second kappa shape index (κ2) is 8.31. The fourth-order valence-corrected chi connectivity index (χ4v) is 3.60. The van der Waals surface area contributed by atoms with Gasteiger partial charge in [0, 0.05) is 23.0 Å². The molecule has 2 aromatic rings. The number of nitrogens with zero attached hydrogens (tertiary/aromatic N) is 2. The highest BCUT2D eigenvalue weighted by Gasteiger charge is 2.17. The number of carbonyl (C=O) groups excluding carboxylic acids is 1. The molecule has 1 saturated heterocycles. The van der Waals surface area contributed by atoms with Gasteiger partial charge in [-0.05, 0) is 42.9 Å². The monoisotopic (exact) mass is 421 g/mol. The van der Waals surface area contributed by atoms with E-state index in [2.05, 4.69) is 26.3 Å². The Balaban J connectivity index is 1.80. The van der Waals surface area contributed by atoms with Gasteiger partial charge >= 0.3 is 0 Å². The first kappa shape index (κ1) is 19.0. The molecule has 3 rings (SSSR count). The van der Waals surface area contributed by atoms with Gasteiger partial charge in [0.05, 0.1) is 17.7 Å². The van der Waals surface area contributed by atoms with Crippen molar-refractivity contribution in [2.75, 3.05) is 19.8 Å². The molecular formula is C19H24BrN3O3. The maximum Gasteiger partial charge on any atom is 0.275 e. The smallest absolute Gasteiger partial charge is 0.275 e. The minimum Gasteiger partial charge on any atom is -0.381 e. The number of hydrogen-bond donors (Lipinski definition) is 1. The first-order valence-corrected chi connectivity index (χ1v) is 9.79. The van der Waals surface area contributed by atoms with Crippen LogP contribution in [0.5, 0.6) is 0 Å². The molecule has 0 bridgehead atoms. The number of amides is 1. The van der Waals surface area contributed by atoms with Crippen molar-refractivity contribution < 1.29 is 9.53 Å². The van der Waals surface area contributed by atoms with Gasteiger partial charge in [-0.1, -0.05) is 29.8 Å². The van der Waals surface area contributed by atoms with E-state index in [-0.39, 0.29) is 23.9 Å². The van der Waals surface area contributed by atoms with Crippen molar-refractivity contribution in [3.63, 3.8) is 0 Å². The zero-order chi connectivity index (χ0) is 18.7. The van der Waals surface area contributed by atoms with E-state index in [1.807, 2.05) is 26.0 Å². The Morgan fingerprint density at radius 1 is 1.42 bits per heavy atom. The molecule has 2 heterocycles. The average Bonchev–Trinajstić information content (AvgIpc) is 2.63. The summed E-state index contributed by atoms with van der Waals surface area (Å²) in [7, 11) is 0. The number of hydrogen-bond acceptors (Lipinski definition) is 4. The molecule has 1 aromatic carbocycles. The van der Waals surface area contributed by atoms with Crippen molar-refractivity contribution in [1.82, 2.24) is 15.1 Å². The van der Waals surface area contributed by atoms with Gasteiger partial charge in [0.1, 0.15) is 6.54 Å². The summed E-state index contributed by atoms with van der Waals surface area (Å²) >= 11 is 3.45. The second-order valence-corrected chi connectivity index (χ2v) is 8.00. The van der Waals surface area contributed by atoms with E-state index in [1.54, 1.807) is 6.07 Å². The lowest BCUT2D eigenvalue weighted by molar-refractivity contribution is -0.122. The molecule has 0 aliphatic carbocycles. The molecule has 1 amide bonds. The summed E-state index contributed by atoms with van der Waals surface area (Å²) in [4.78, 5) is 25.1. The Kier molecular flexibility index (Phi) is 6.09. The van der Waals surface area contributed by atoms with E-state index in [9.17, 15) is 9.59 Å². The molecule has 0 radical (unpaired) electrons. The number of rotatable bonds is 5. The van der Waals surface area contributed by atoms with Gasteiger partial charge in [0.15, 0.2) is 0 Å². The van der Waals surface area contributed by atoms with Crippen LogP contribution in [0.15, 0.2) is 27.5 Å². The van der Waals surface area contributed by atoms with Crippen molar-refractivity contribution in [3.05, 3.63) is 38.7 Å². The number of carbonyl (C=O) groups is 1. The highest BCUT2D eigenvalue weighted by atomic mass is 79.9. The van der Waals surface area contributed by atoms with Crippen LogP contribution in [-0.4, -0.2) is 35.4 Å². The van der Waals surface area contributed by atoms with Gasteiger partial charge in [-0.15, -0.1) is 0 Å². The fraction of sp³-hybridized carbons (Fsp3) is 0.526. The molecular weight excluding hydrogens is 398 g/mol. The predicted molar refractivity (Wildman–Crippen MR) is 104 cm³/mol. The molecule has 0 saturated carbocycles. The summed E-state index contributed by atoms with van der Waals surface area (Å²) in [6.45, 7) is 6.04. The topological polar surface area (TPSA) is 73.2 Å². The Labute approximate surface area is 161 Å². The third-order valence-corrected chi connectivity index (χ3v) is 5.13. The molecule has 1 aliphatic rings. The molecule has 140 valence electrons. The SMILES string of the molecule is CC(C)c1nn(CC(=O)NCC2CCCOC2)c(=O)c2ccc(Br)cc12. The van der Waals surface area contributed by atoms with Crippen molar-refractivity contribution >= 4 is 32.6 Å². The van der Waals surface area contributed by atoms with Crippen molar-refractivity contribution in [3.8, 4) is 0 Å². The Bertz CT molecular complexity index is 857. The summed E-state index contributed by atoms with van der Waals surface area (Å²) < 4.78 is 7.61. The van der Waals surface area contributed by atoms with Gasteiger partial charge in [-0.3, -0.25) is 9.59 Å². The van der Waals surface area contributed by atoms with Crippen LogP contribution in [0.2, 0.25) is 0 Å². The standard InChI is InChI=1S/C19H24BrN3O3/c1-12(2)18-16-8-14(20)5-6-15(16)19(25)23(22-18)10-17(24)21-9-13-4-3-7-26-11-13/h5-6,8,12-13H,3-4,7,9-11H2,1-2H3,(H,21,24). The molecule has 1 atom stereocenters. The maximum absolute atomic E-state index is 12.7. The normalized spacial score (nSPS) is 17.6. The zero-order valence-corrected chi connectivity index (χ0v) is 16.7. The van der Waals surface area contributed by atoms with Crippen LogP contribution in [-0.2, 0) is 16.1 Å². The Morgan fingerprint density at radius 3 is 2.92 bits per heavy atom. The quantitative estimate of drug-likeness (QED) is 0.805. The van der Waals surface area contributed by atoms with Crippen molar-refractivity contribution in [1.29, 1.82) is 0 Å². The number of benzene rings is 1. The summed E-state index contributed by atoms with van der Waals surface area (Å²) in [6, 6.07) is 5.52. The third kappa shape index (κ3) is 4.32. The molecule has 0 spiro atoms. The lowest BCUT2D eigenvalue weighted by Crippen LogP contribution is -2.38. The number of ether oxygens (including phenoxy) is 1. The molecule has 1 N–H and O–H groups in total. The van der Waals surface area contributed by atoms with E-state index < -0.39 is 0 Å². The largest absolute Gasteiger partial charge is 0.381 e. The van der Waals surface area contributed by atoms with Gasteiger partial charge in [-0.2, -0.15) is 5.10 Å². The summed E-state index contributed by atoms with van der Waals surface area (Å²) in [5.74, 6) is 0.287. The van der Waals surface area contributed by atoms with E-state index >= 15 is 0 Å². The van der Waals surface area contributed by atoms with Crippen molar-refractivity contribution in [2.45, 2.75) is 39.2 Å². The Hall–Kier alpha value is -1.73. The van der Waals surface area contributed by atoms with Crippen LogP contribution in [0.3, 0.4) is 0 Å². The minimum atomic E-state index is -0.243. The maximum atomic E-state index is 12.7. The van der Waals surface area contributed by atoms with Crippen LogP contribution in [0.4, 0.5) is 0 Å². The summed E-state index contributed by atoms with van der Waals surface area (Å²) in [5.41, 5.74) is 0.572. The van der Waals surface area contributed by atoms with E-state index in [4.69, 9.17) is 4.74 Å². The van der Waals surface area contributed by atoms with Crippen LogP contribution in [0.1, 0.15) is 38.3 Å². The molecule has 1 unspecified atom stereocenters. The molecule has 26 heavy (non-hydrogen) atoms. The van der Waals surface area contributed by atoms with Crippen LogP contribution >= 0.6 is 15.9 Å². The molecule has 7 heteroatoms. The van der Waals surface area contributed by atoms with Crippen LogP contribution < -0.4 is 10.9 Å². The number of aromatic nitrogens is 2. The third-order valence-electron chi connectivity index (χ3n) is 4.63. The van der Waals surface area contributed by atoms with Gasteiger partial charge in [-0.25, -0.2) is 4.68 Å². The van der Waals surface area contributed by atoms with Gasteiger partial charge < -0.3 is 10.1 Å². The zero-order valence-electron chi connectivity index (χ0n) is 15.1. The highest BCUT2D eigenvalue weighted by Crippen LogP contribution is 2.24. The predicted octanol–water partition coefficient (Wildman–Crippen LogP) is 2.83. The van der Waals surface area contributed by atoms with Crippen LogP contribution in [0.25, 0.3) is 10.8 Å².